The molecule has 0 bridgehead atoms. The molecule has 0 aliphatic rings. The van der Waals surface area contributed by atoms with Crippen LogP contribution in [0.1, 0.15) is 12.5 Å². The molecule has 0 heterocycles. The summed E-state index contributed by atoms with van der Waals surface area (Å²) < 4.78 is 10.6. The van der Waals surface area contributed by atoms with Gasteiger partial charge in [0, 0.05) is 15.6 Å². The molecule has 1 N–H and O–H groups in total. The molecule has 0 fully saturated rings. The van der Waals surface area contributed by atoms with Gasteiger partial charge in [0.05, 0.1) is 12.8 Å². The lowest BCUT2D eigenvalue weighted by Gasteiger charge is -2.09. The van der Waals surface area contributed by atoms with Crippen molar-refractivity contribution in [2.75, 3.05) is 13.7 Å². The van der Waals surface area contributed by atoms with Gasteiger partial charge >= 0.3 is 0 Å². The van der Waals surface area contributed by atoms with Crippen LogP contribution < -0.4 is 14.9 Å². The Morgan fingerprint density at radius 2 is 1.88 bits per heavy atom. The minimum Gasteiger partial charge on any atom is -0.493 e. The van der Waals surface area contributed by atoms with Crippen LogP contribution in [0.4, 0.5) is 0 Å². The van der Waals surface area contributed by atoms with Gasteiger partial charge in [-0.1, -0.05) is 35.3 Å². The van der Waals surface area contributed by atoms with E-state index >= 15 is 0 Å². The van der Waals surface area contributed by atoms with Crippen molar-refractivity contribution in [3.8, 4) is 11.5 Å². The highest BCUT2D eigenvalue weighted by molar-refractivity contribution is 6.36. The van der Waals surface area contributed by atoms with Gasteiger partial charge in [-0.15, -0.1) is 0 Å². The molecule has 24 heavy (non-hydrogen) atoms. The van der Waals surface area contributed by atoms with E-state index in [-0.39, 0.29) is 6.61 Å². The molecule has 0 aliphatic carbocycles. The molecule has 2 rings (SSSR count). The first-order valence-corrected chi connectivity index (χ1v) is 7.81. The number of rotatable bonds is 6. The van der Waals surface area contributed by atoms with Gasteiger partial charge in [-0.3, -0.25) is 4.79 Å². The maximum Gasteiger partial charge on any atom is 0.277 e. The number of hydrogen-bond donors (Lipinski definition) is 1. The van der Waals surface area contributed by atoms with E-state index in [2.05, 4.69) is 10.5 Å². The normalized spacial score (nSPS) is 11.1. The Kier molecular flexibility index (Phi) is 6.46. The average Bonchev–Trinajstić information content (AvgIpc) is 2.60. The van der Waals surface area contributed by atoms with Crippen molar-refractivity contribution in [2.45, 2.75) is 6.92 Å². The van der Waals surface area contributed by atoms with Gasteiger partial charge in [-0.25, -0.2) is 5.43 Å². The number of hydrazone groups is 1. The third-order valence-electron chi connectivity index (χ3n) is 3.09. The first kappa shape index (κ1) is 18.1. The van der Waals surface area contributed by atoms with Crippen molar-refractivity contribution in [3.63, 3.8) is 0 Å². The number of halogens is 2. The molecule has 1 amide bonds. The van der Waals surface area contributed by atoms with Gasteiger partial charge < -0.3 is 9.47 Å². The second kappa shape index (κ2) is 8.57. The van der Waals surface area contributed by atoms with E-state index < -0.39 is 5.91 Å². The zero-order valence-corrected chi connectivity index (χ0v) is 14.7. The van der Waals surface area contributed by atoms with Gasteiger partial charge in [-0.2, -0.15) is 5.10 Å². The summed E-state index contributed by atoms with van der Waals surface area (Å²) >= 11 is 12.0. The van der Waals surface area contributed by atoms with Gasteiger partial charge in [0.25, 0.3) is 5.91 Å². The molecular weight excluding hydrogens is 351 g/mol. The third kappa shape index (κ3) is 4.88. The van der Waals surface area contributed by atoms with Crippen LogP contribution in [0.3, 0.4) is 0 Å². The molecule has 0 spiro atoms. The lowest BCUT2D eigenvalue weighted by molar-refractivity contribution is -0.123. The SMILES string of the molecule is COc1ccccc1OCC(=O)N/N=C(\C)c1cc(Cl)ccc1Cl. The van der Waals surface area contributed by atoms with E-state index in [9.17, 15) is 4.79 Å². The number of carbonyl (C=O) groups excluding carboxylic acids is 1. The van der Waals surface area contributed by atoms with Gasteiger partial charge in [0.2, 0.25) is 0 Å². The zero-order valence-electron chi connectivity index (χ0n) is 13.2. The fraction of sp³-hybridized carbons (Fsp3) is 0.176. The average molecular weight is 367 g/mol. The van der Waals surface area contributed by atoms with Crippen LogP contribution in [0.25, 0.3) is 0 Å². The summed E-state index contributed by atoms with van der Waals surface area (Å²) in [7, 11) is 1.53. The zero-order chi connectivity index (χ0) is 17.5. The minimum absolute atomic E-state index is 0.194. The molecular formula is C17H16Cl2N2O3. The van der Waals surface area contributed by atoms with E-state index in [0.717, 1.165) is 0 Å². The van der Waals surface area contributed by atoms with Crippen LogP contribution in [-0.2, 0) is 4.79 Å². The van der Waals surface area contributed by atoms with E-state index in [1.807, 2.05) is 6.07 Å². The number of amides is 1. The number of nitrogens with zero attached hydrogens (tertiary/aromatic N) is 1. The highest BCUT2D eigenvalue weighted by atomic mass is 35.5. The molecule has 0 atom stereocenters. The molecule has 0 saturated heterocycles. The van der Waals surface area contributed by atoms with Crippen molar-refractivity contribution in [1.82, 2.24) is 5.43 Å². The summed E-state index contributed by atoms with van der Waals surface area (Å²) in [5.41, 5.74) is 3.60. The molecule has 2 aromatic carbocycles. The lowest BCUT2D eigenvalue weighted by Crippen LogP contribution is -2.25. The minimum atomic E-state index is -0.404. The van der Waals surface area contributed by atoms with Gasteiger partial charge in [0.1, 0.15) is 0 Å². The molecule has 0 unspecified atom stereocenters. The van der Waals surface area contributed by atoms with E-state index in [1.165, 1.54) is 7.11 Å². The van der Waals surface area contributed by atoms with E-state index in [4.69, 9.17) is 32.7 Å². The third-order valence-corrected chi connectivity index (χ3v) is 3.66. The quantitative estimate of drug-likeness (QED) is 0.622. The Balaban J connectivity index is 1.96. The first-order chi connectivity index (χ1) is 11.5. The van der Waals surface area contributed by atoms with Crippen LogP contribution in [0.5, 0.6) is 11.5 Å². The van der Waals surface area contributed by atoms with Crippen molar-refractivity contribution in [3.05, 3.63) is 58.1 Å². The van der Waals surface area contributed by atoms with Crippen molar-refractivity contribution < 1.29 is 14.3 Å². The summed E-state index contributed by atoms with van der Waals surface area (Å²) in [5, 5.41) is 5.05. The molecule has 0 saturated carbocycles. The number of methoxy groups -OCH3 is 1. The van der Waals surface area contributed by atoms with Gasteiger partial charge in [0.15, 0.2) is 18.1 Å². The molecule has 7 heteroatoms. The second-order valence-electron chi connectivity index (χ2n) is 4.80. The topological polar surface area (TPSA) is 59.9 Å². The first-order valence-electron chi connectivity index (χ1n) is 7.05. The number of benzene rings is 2. The molecule has 0 aliphatic heterocycles. The number of para-hydroxylation sites is 2. The predicted octanol–water partition coefficient (Wildman–Crippen LogP) is 3.92. The summed E-state index contributed by atoms with van der Waals surface area (Å²) in [6.07, 6.45) is 0. The number of nitrogens with one attached hydrogen (secondary N) is 1. The summed E-state index contributed by atoms with van der Waals surface area (Å²) in [6.45, 7) is 1.53. The maximum absolute atomic E-state index is 11.9. The van der Waals surface area contributed by atoms with E-state index in [1.54, 1.807) is 43.3 Å². The van der Waals surface area contributed by atoms with Crippen LogP contribution in [0.2, 0.25) is 10.0 Å². The number of carbonyl (C=O) groups is 1. The fourth-order valence-electron chi connectivity index (χ4n) is 1.89. The molecule has 5 nitrogen and oxygen atoms in total. The largest absolute Gasteiger partial charge is 0.493 e. The molecule has 0 radical (unpaired) electrons. The van der Waals surface area contributed by atoms with Crippen molar-refractivity contribution in [1.29, 1.82) is 0 Å². The second-order valence-corrected chi connectivity index (χ2v) is 5.64. The van der Waals surface area contributed by atoms with Crippen LogP contribution >= 0.6 is 23.2 Å². The maximum atomic E-state index is 11.9. The smallest absolute Gasteiger partial charge is 0.277 e. The number of hydrogen-bond acceptors (Lipinski definition) is 4. The monoisotopic (exact) mass is 366 g/mol. The Labute approximate surface area is 150 Å². The van der Waals surface area contributed by atoms with Crippen LogP contribution in [0, 0.1) is 0 Å². The standard InChI is InChI=1S/C17H16Cl2N2O3/c1-11(13-9-12(18)7-8-14(13)19)20-21-17(22)10-24-16-6-4-3-5-15(16)23-2/h3-9H,10H2,1-2H3,(H,21,22)/b20-11+. The van der Waals surface area contributed by atoms with Crippen LogP contribution in [-0.4, -0.2) is 25.3 Å². The number of ether oxygens (including phenoxy) is 2. The van der Waals surface area contributed by atoms with Crippen molar-refractivity contribution in [2.24, 2.45) is 5.10 Å². The lowest BCUT2D eigenvalue weighted by atomic mass is 10.1. The summed E-state index contributed by atoms with van der Waals surface area (Å²) in [6, 6.07) is 12.1. The van der Waals surface area contributed by atoms with E-state index in [0.29, 0.717) is 32.8 Å². The highest BCUT2D eigenvalue weighted by Gasteiger charge is 2.08. The Morgan fingerprint density at radius 3 is 2.58 bits per heavy atom. The van der Waals surface area contributed by atoms with Crippen molar-refractivity contribution >= 4 is 34.8 Å². The highest BCUT2D eigenvalue weighted by Crippen LogP contribution is 2.25. The summed E-state index contributed by atoms with van der Waals surface area (Å²) in [5.74, 6) is 0.628. The molecule has 126 valence electrons. The van der Waals surface area contributed by atoms with Crippen LogP contribution in [0.15, 0.2) is 47.6 Å². The Hall–Kier alpha value is -2.24. The predicted molar refractivity (Wildman–Crippen MR) is 95.3 cm³/mol. The summed E-state index contributed by atoms with van der Waals surface area (Å²) in [4.78, 5) is 11.9. The Bertz CT molecular complexity index is 763. The molecule has 0 aromatic heterocycles. The van der Waals surface area contributed by atoms with Gasteiger partial charge in [-0.05, 0) is 37.3 Å². The Morgan fingerprint density at radius 1 is 1.17 bits per heavy atom. The molecule has 2 aromatic rings. The fourth-order valence-corrected chi connectivity index (χ4v) is 2.32.